The van der Waals surface area contributed by atoms with Gasteiger partial charge in [0.05, 0.1) is 23.2 Å². The van der Waals surface area contributed by atoms with E-state index in [9.17, 15) is 13.2 Å². The van der Waals surface area contributed by atoms with Gasteiger partial charge in [0.15, 0.2) is 0 Å². The summed E-state index contributed by atoms with van der Waals surface area (Å²) in [6.07, 6.45) is 0. The van der Waals surface area contributed by atoms with Gasteiger partial charge in [-0.25, -0.2) is 8.42 Å². The first-order valence-electron chi connectivity index (χ1n) is 11.3. The number of nitrogens with one attached hydrogen (secondary N) is 1. The number of hydrogen-bond donors (Lipinski definition) is 1. The predicted molar refractivity (Wildman–Crippen MR) is 136 cm³/mol. The van der Waals surface area contributed by atoms with Gasteiger partial charge in [-0.3, -0.25) is 9.10 Å². The summed E-state index contributed by atoms with van der Waals surface area (Å²) in [6.45, 7) is 9.84. The minimum atomic E-state index is -3.97. The van der Waals surface area contributed by atoms with Crippen LogP contribution in [0.3, 0.4) is 0 Å². The molecule has 3 rings (SSSR count). The molecular formula is C27H32N2O4S. The van der Waals surface area contributed by atoms with E-state index in [0.29, 0.717) is 18.0 Å². The third-order valence-corrected chi connectivity index (χ3v) is 7.39. The number of aryl methyl sites for hydroxylation is 3. The molecule has 0 unspecified atom stereocenters. The third-order valence-electron chi connectivity index (χ3n) is 5.60. The van der Waals surface area contributed by atoms with Gasteiger partial charge in [0.1, 0.15) is 12.3 Å². The zero-order valence-corrected chi connectivity index (χ0v) is 21.1. The lowest BCUT2D eigenvalue weighted by Crippen LogP contribution is -2.41. The van der Waals surface area contributed by atoms with Crippen LogP contribution in [-0.4, -0.2) is 27.5 Å². The fraction of sp³-hybridized carbons (Fsp3) is 0.296. The van der Waals surface area contributed by atoms with Gasteiger partial charge in [0, 0.05) is 0 Å². The molecule has 0 aliphatic rings. The second-order valence-electron chi connectivity index (χ2n) is 8.40. The minimum absolute atomic E-state index is 0.127. The Hall–Kier alpha value is -3.32. The summed E-state index contributed by atoms with van der Waals surface area (Å²) in [5.74, 6) is 0.240. The lowest BCUT2D eigenvalue weighted by atomic mass is 10.0. The van der Waals surface area contributed by atoms with Gasteiger partial charge in [-0.05, 0) is 82.1 Å². The third kappa shape index (κ3) is 5.97. The maximum Gasteiger partial charge on any atom is 0.264 e. The molecule has 0 heterocycles. The summed E-state index contributed by atoms with van der Waals surface area (Å²) >= 11 is 0. The first-order chi connectivity index (χ1) is 16.1. The van der Waals surface area contributed by atoms with E-state index in [4.69, 9.17) is 4.74 Å². The number of ether oxygens (including phenoxy) is 1. The molecule has 0 saturated carbocycles. The molecule has 0 radical (unpaired) electrons. The van der Waals surface area contributed by atoms with Crippen molar-refractivity contribution in [1.29, 1.82) is 0 Å². The van der Waals surface area contributed by atoms with Crippen LogP contribution < -0.4 is 14.4 Å². The van der Waals surface area contributed by atoms with Crippen molar-refractivity contribution in [1.82, 2.24) is 5.32 Å². The molecule has 3 aromatic rings. The quantitative estimate of drug-likeness (QED) is 0.463. The van der Waals surface area contributed by atoms with Crippen LogP contribution in [-0.2, 0) is 14.8 Å². The summed E-state index contributed by atoms with van der Waals surface area (Å²) in [5.41, 5.74) is 4.55. The Morgan fingerprint density at radius 2 is 1.56 bits per heavy atom. The standard InChI is InChI=1S/C27H32N2O4S/c1-6-33-24-12-10-23(11-13-24)29(34(31,32)25-14-7-19(2)8-15-25)18-27(30)28-22(5)26-16-9-20(3)17-21(26)4/h7-17,22H,6,18H2,1-5H3,(H,28,30)/t22-/m0/s1. The number of carbonyl (C=O) groups is 1. The van der Waals surface area contributed by atoms with Crippen molar-refractivity contribution >= 4 is 21.6 Å². The summed E-state index contributed by atoms with van der Waals surface area (Å²) in [5, 5.41) is 2.95. The van der Waals surface area contributed by atoms with Crippen molar-refractivity contribution in [2.75, 3.05) is 17.5 Å². The van der Waals surface area contributed by atoms with E-state index in [-0.39, 0.29) is 17.5 Å². The molecule has 34 heavy (non-hydrogen) atoms. The fourth-order valence-corrected chi connectivity index (χ4v) is 5.26. The minimum Gasteiger partial charge on any atom is -0.494 e. The molecule has 6 nitrogen and oxygen atoms in total. The number of nitrogens with zero attached hydrogens (tertiary/aromatic N) is 1. The van der Waals surface area contributed by atoms with Crippen LogP contribution in [0.2, 0.25) is 0 Å². The molecule has 1 atom stereocenters. The molecule has 3 aromatic carbocycles. The van der Waals surface area contributed by atoms with Crippen molar-refractivity contribution in [3.05, 3.63) is 89.0 Å². The van der Waals surface area contributed by atoms with E-state index in [1.165, 1.54) is 0 Å². The topological polar surface area (TPSA) is 75.7 Å². The van der Waals surface area contributed by atoms with E-state index in [1.807, 2.05) is 46.8 Å². The highest BCUT2D eigenvalue weighted by Gasteiger charge is 2.28. The molecule has 7 heteroatoms. The van der Waals surface area contributed by atoms with Crippen LogP contribution in [0.1, 0.15) is 42.1 Å². The van der Waals surface area contributed by atoms with Crippen LogP contribution in [0, 0.1) is 20.8 Å². The number of benzene rings is 3. The van der Waals surface area contributed by atoms with Crippen molar-refractivity contribution in [3.63, 3.8) is 0 Å². The predicted octanol–water partition coefficient (Wildman–Crippen LogP) is 5.08. The van der Waals surface area contributed by atoms with Crippen molar-refractivity contribution in [2.45, 2.75) is 45.6 Å². The molecule has 0 saturated heterocycles. The monoisotopic (exact) mass is 480 g/mol. The SMILES string of the molecule is CCOc1ccc(N(CC(=O)N[C@@H](C)c2ccc(C)cc2C)S(=O)(=O)c2ccc(C)cc2)cc1. The van der Waals surface area contributed by atoms with Crippen molar-refractivity contribution < 1.29 is 17.9 Å². The Labute approximate surface area is 202 Å². The Kier molecular flexibility index (Phi) is 7.99. The van der Waals surface area contributed by atoms with E-state index in [0.717, 1.165) is 26.6 Å². The lowest BCUT2D eigenvalue weighted by molar-refractivity contribution is -0.120. The van der Waals surface area contributed by atoms with Crippen LogP contribution in [0.15, 0.2) is 71.6 Å². The number of rotatable bonds is 9. The number of amides is 1. The zero-order chi connectivity index (χ0) is 24.9. The normalized spacial score (nSPS) is 12.1. The highest BCUT2D eigenvalue weighted by Crippen LogP contribution is 2.26. The maximum absolute atomic E-state index is 13.6. The maximum atomic E-state index is 13.6. The molecular weight excluding hydrogens is 448 g/mol. The zero-order valence-electron chi connectivity index (χ0n) is 20.3. The fourth-order valence-electron chi connectivity index (χ4n) is 3.83. The van der Waals surface area contributed by atoms with Crippen LogP contribution >= 0.6 is 0 Å². The van der Waals surface area contributed by atoms with Crippen molar-refractivity contribution in [3.8, 4) is 5.75 Å². The van der Waals surface area contributed by atoms with Crippen LogP contribution in [0.25, 0.3) is 0 Å². The second kappa shape index (κ2) is 10.7. The van der Waals surface area contributed by atoms with E-state index < -0.39 is 15.9 Å². The molecule has 0 aromatic heterocycles. The lowest BCUT2D eigenvalue weighted by Gasteiger charge is -2.25. The highest BCUT2D eigenvalue weighted by molar-refractivity contribution is 7.92. The number of hydrogen-bond acceptors (Lipinski definition) is 4. The molecule has 0 bridgehead atoms. The Bertz CT molecular complexity index is 1240. The Balaban J connectivity index is 1.90. The van der Waals surface area contributed by atoms with Gasteiger partial charge in [0.2, 0.25) is 5.91 Å². The molecule has 0 spiro atoms. The van der Waals surface area contributed by atoms with Gasteiger partial charge < -0.3 is 10.1 Å². The number of anilines is 1. The van der Waals surface area contributed by atoms with Gasteiger partial charge in [-0.2, -0.15) is 0 Å². The average Bonchev–Trinajstić information content (AvgIpc) is 2.78. The number of carbonyl (C=O) groups excluding carboxylic acids is 1. The highest BCUT2D eigenvalue weighted by atomic mass is 32.2. The van der Waals surface area contributed by atoms with Crippen molar-refractivity contribution in [2.24, 2.45) is 0 Å². The Morgan fingerprint density at radius 1 is 0.941 bits per heavy atom. The summed E-state index contributed by atoms with van der Waals surface area (Å²) in [7, 11) is -3.97. The second-order valence-corrected chi connectivity index (χ2v) is 10.3. The van der Waals surface area contributed by atoms with E-state index in [1.54, 1.807) is 48.5 Å². The summed E-state index contributed by atoms with van der Waals surface area (Å²) < 4.78 is 33.7. The first-order valence-corrected chi connectivity index (χ1v) is 12.7. The van der Waals surface area contributed by atoms with Crippen LogP contribution in [0.5, 0.6) is 5.75 Å². The molecule has 0 aliphatic heterocycles. The summed E-state index contributed by atoms with van der Waals surface area (Å²) in [6, 6.07) is 19.1. The molecule has 180 valence electrons. The molecule has 1 amide bonds. The number of sulfonamides is 1. The van der Waals surface area contributed by atoms with Gasteiger partial charge in [0.25, 0.3) is 10.0 Å². The Morgan fingerprint density at radius 3 is 2.15 bits per heavy atom. The van der Waals surface area contributed by atoms with Gasteiger partial charge in [-0.15, -0.1) is 0 Å². The smallest absolute Gasteiger partial charge is 0.264 e. The van der Waals surface area contributed by atoms with E-state index >= 15 is 0 Å². The largest absolute Gasteiger partial charge is 0.494 e. The average molecular weight is 481 g/mol. The first kappa shape index (κ1) is 25.3. The van der Waals surface area contributed by atoms with E-state index in [2.05, 4.69) is 11.4 Å². The van der Waals surface area contributed by atoms with Gasteiger partial charge in [-0.1, -0.05) is 41.5 Å². The molecule has 0 fully saturated rings. The summed E-state index contributed by atoms with van der Waals surface area (Å²) in [4.78, 5) is 13.2. The van der Waals surface area contributed by atoms with Gasteiger partial charge >= 0.3 is 0 Å². The van der Waals surface area contributed by atoms with Crippen LogP contribution in [0.4, 0.5) is 5.69 Å². The molecule has 0 aliphatic carbocycles. The molecule has 1 N–H and O–H groups in total.